The van der Waals surface area contributed by atoms with Crippen LogP contribution in [0.3, 0.4) is 0 Å². The molecule has 0 radical (unpaired) electrons. The van der Waals surface area contributed by atoms with Crippen molar-refractivity contribution in [2.75, 3.05) is 13.6 Å². The minimum Gasteiger partial charge on any atom is -0.351 e. The van der Waals surface area contributed by atoms with Gasteiger partial charge in [0.05, 0.1) is 4.90 Å². The maximum Gasteiger partial charge on any atom is 0.309 e. The van der Waals surface area contributed by atoms with Crippen LogP contribution in [-0.2, 0) is 19.4 Å². The van der Waals surface area contributed by atoms with E-state index in [1.54, 1.807) is 36.6 Å². The second-order valence-corrected chi connectivity index (χ2v) is 8.69. The number of likely N-dealkylation sites (N-methyl/N-ethyl adjacent to an activating group) is 1. The molecule has 25 heavy (non-hydrogen) atoms. The first-order chi connectivity index (χ1) is 11.8. The molecule has 0 saturated carbocycles. The van der Waals surface area contributed by atoms with E-state index in [0.29, 0.717) is 10.4 Å². The summed E-state index contributed by atoms with van der Waals surface area (Å²) in [5, 5.41) is 5.44. The second kappa shape index (κ2) is 7.79. The van der Waals surface area contributed by atoms with E-state index in [4.69, 9.17) is 0 Å². The quantitative estimate of drug-likeness (QED) is 0.773. The molecule has 2 rings (SSSR count). The van der Waals surface area contributed by atoms with Crippen molar-refractivity contribution in [1.82, 2.24) is 10.6 Å². The molecular weight excluding hydrogens is 360 g/mol. The maximum absolute atomic E-state index is 13.2. The number of carbonyl (C=O) groups excluding carboxylic acids is 2. The number of hydrogen-bond donors (Lipinski definition) is 2. The van der Waals surface area contributed by atoms with Gasteiger partial charge in [0, 0.05) is 18.5 Å². The van der Waals surface area contributed by atoms with Gasteiger partial charge in [-0.2, -0.15) is 0 Å². The molecule has 1 aromatic carbocycles. The summed E-state index contributed by atoms with van der Waals surface area (Å²) in [4.78, 5) is 23.9. The predicted octanol–water partition coefficient (Wildman–Crippen LogP) is 1.74. The van der Waals surface area contributed by atoms with Crippen molar-refractivity contribution in [2.24, 2.45) is 0 Å². The number of sulfone groups is 1. The standard InChI is InChI=1S/C17H20N2O4S2/c1-11-6-7-12(2)14(9-11)25(22,23)15(13-5-4-8-24-13)10-19-17(21)16(20)18-3/h4-9,15H,10H2,1-3H3,(H,18,20)(H,19,21)/t15-/m1/s1. The summed E-state index contributed by atoms with van der Waals surface area (Å²) in [7, 11) is -2.40. The molecule has 0 fully saturated rings. The molecule has 0 unspecified atom stereocenters. The van der Waals surface area contributed by atoms with Gasteiger partial charge in [0.2, 0.25) is 0 Å². The van der Waals surface area contributed by atoms with Gasteiger partial charge in [0.1, 0.15) is 5.25 Å². The van der Waals surface area contributed by atoms with E-state index in [9.17, 15) is 18.0 Å². The Morgan fingerprint density at radius 1 is 1.16 bits per heavy atom. The van der Waals surface area contributed by atoms with E-state index in [-0.39, 0.29) is 11.4 Å². The van der Waals surface area contributed by atoms with Crippen LogP contribution in [0.5, 0.6) is 0 Å². The molecule has 1 atom stereocenters. The summed E-state index contributed by atoms with van der Waals surface area (Å²) in [6.45, 7) is 3.38. The van der Waals surface area contributed by atoms with E-state index in [1.807, 2.05) is 13.0 Å². The zero-order chi connectivity index (χ0) is 18.6. The first-order valence-electron chi connectivity index (χ1n) is 7.62. The molecule has 134 valence electrons. The van der Waals surface area contributed by atoms with Crippen molar-refractivity contribution >= 4 is 33.0 Å². The number of benzene rings is 1. The van der Waals surface area contributed by atoms with Gasteiger partial charge in [-0.15, -0.1) is 11.3 Å². The molecule has 1 aromatic heterocycles. The highest BCUT2D eigenvalue weighted by molar-refractivity contribution is 7.92. The van der Waals surface area contributed by atoms with Crippen molar-refractivity contribution < 1.29 is 18.0 Å². The molecule has 2 N–H and O–H groups in total. The van der Waals surface area contributed by atoms with Crippen LogP contribution in [0.2, 0.25) is 0 Å². The van der Waals surface area contributed by atoms with Gasteiger partial charge in [-0.05, 0) is 42.5 Å². The lowest BCUT2D eigenvalue weighted by molar-refractivity contribution is -0.138. The summed E-state index contributed by atoms with van der Waals surface area (Å²) in [5.74, 6) is -1.67. The van der Waals surface area contributed by atoms with Gasteiger partial charge in [0.15, 0.2) is 9.84 Å². The molecule has 0 aliphatic carbocycles. The van der Waals surface area contributed by atoms with Crippen molar-refractivity contribution in [3.8, 4) is 0 Å². The van der Waals surface area contributed by atoms with Crippen LogP contribution in [0.1, 0.15) is 21.3 Å². The number of rotatable bonds is 5. The molecule has 2 amide bonds. The Morgan fingerprint density at radius 3 is 2.48 bits per heavy atom. The third-order valence-electron chi connectivity index (χ3n) is 3.77. The summed E-state index contributed by atoms with van der Waals surface area (Å²) < 4.78 is 26.4. The highest BCUT2D eigenvalue weighted by Crippen LogP contribution is 2.33. The summed E-state index contributed by atoms with van der Waals surface area (Å²) >= 11 is 1.30. The third-order valence-corrected chi connectivity index (χ3v) is 7.12. The molecule has 0 aliphatic rings. The van der Waals surface area contributed by atoms with Gasteiger partial charge in [0.25, 0.3) is 0 Å². The highest BCUT2D eigenvalue weighted by Gasteiger charge is 2.32. The number of thiophene rings is 1. The molecule has 0 aliphatic heterocycles. The second-order valence-electron chi connectivity index (χ2n) is 5.61. The largest absolute Gasteiger partial charge is 0.351 e. The van der Waals surface area contributed by atoms with Gasteiger partial charge >= 0.3 is 11.8 Å². The fourth-order valence-electron chi connectivity index (χ4n) is 2.38. The van der Waals surface area contributed by atoms with Crippen molar-refractivity contribution in [2.45, 2.75) is 24.0 Å². The Labute approximate surface area is 151 Å². The van der Waals surface area contributed by atoms with E-state index in [1.165, 1.54) is 18.4 Å². The average molecular weight is 380 g/mol. The van der Waals surface area contributed by atoms with E-state index >= 15 is 0 Å². The fraction of sp³-hybridized carbons (Fsp3) is 0.294. The normalized spacial score (nSPS) is 12.4. The minimum atomic E-state index is -3.74. The Kier molecular flexibility index (Phi) is 5.97. The van der Waals surface area contributed by atoms with Crippen LogP contribution in [0.15, 0.2) is 40.6 Å². The van der Waals surface area contributed by atoms with E-state index in [0.717, 1.165) is 5.56 Å². The number of hydrogen-bond acceptors (Lipinski definition) is 5. The van der Waals surface area contributed by atoms with E-state index in [2.05, 4.69) is 10.6 Å². The molecule has 0 bridgehead atoms. The molecule has 0 saturated heterocycles. The van der Waals surface area contributed by atoms with Crippen LogP contribution in [0, 0.1) is 13.8 Å². The fourth-order valence-corrected chi connectivity index (χ4v) is 5.50. The smallest absolute Gasteiger partial charge is 0.309 e. The van der Waals surface area contributed by atoms with Crippen molar-refractivity contribution in [1.29, 1.82) is 0 Å². The Bertz CT molecular complexity index is 874. The van der Waals surface area contributed by atoms with Gasteiger partial charge in [-0.3, -0.25) is 9.59 Å². The highest BCUT2D eigenvalue weighted by atomic mass is 32.2. The Balaban J connectivity index is 2.40. The van der Waals surface area contributed by atoms with E-state index < -0.39 is 26.9 Å². The summed E-state index contributed by atoms with van der Waals surface area (Å²) in [5.41, 5.74) is 1.48. The van der Waals surface area contributed by atoms with Crippen molar-refractivity contribution in [3.63, 3.8) is 0 Å². The topological polar surface area (TPSA) is 92.3 Å². The zero-order valence-electron chi connectivity index (χ0n) is 14.2. The van der Waals surface area contributed by atoms with Crippen molar-refractivity contribution in [3.05, 3.63) is 51.7 Å². The molecule has 6 nitrogen and oxygen atoms in total. The third kappa shape index (κ3) is 4.26. The summed E-state index contributed by atoms with van der Waals surface area (Å²) in [6.07, 6.45) is 0. The van der Waals surface area contributed by atoms with Gasteiger partial charge < -0.3 is 10.6 Å². The SMILES string of the molecule is CNC(=O)C(=O)NC[C@H](c1cccs1)S(=O)(=O)c1cc(C)ccc1C. The predicted molar refractivity (Wildman–Crippen MR) is 97.2 cm³/mol. The number of amides is 2. The van der Waals surface area contributed by atoms with Crippen LogP contribution in [-0.4, -0.2) is 33.8 Å². The maximum atomic E-state index is 13.2. The number of carbonyl (C=O) groups is 2. The molecular formula is C17H20N2O4S2. The van der Waals surface area contributed by atoms with Gasteiger partial charge in [-0.25, -0.2) is 8.42 Å². The summed E-state index contributed by atoms with van der Waals surface area (Å²) in [6, 6.07) is 8.71. The first-order valence-corrected chi connectivity index (χ1v) is 10.0. The Morgan fingerprint density at radius 2 is 1.88 bits per heavy atom. The molecule has 0 spiro atoms. The lowest BCUT2D eigenvalue weighted by Gasteiger charge is -2.19. The monoisotopic (exact) mass is 380 g/mol. The number of aryl methyl sites for hydroxylation is 2. The zero-order valence-corrected chi connectivity index (χ0v) is 15.8. The Hall–Kier alpha value is -2.19. The van der Waals surface area contributed by atoms with Crippen LogP contribution in [0.4, 0.5) is 0 Å². The number of nitrogens with one attached hydrogen (secondary N) is 2. The minimum absolute atomic E-state index is 0.178. The molecule has 1 heterocycles. The van der Waals surface area contributed by atoms with Crippen LogP contribution < -0.4 is 10.6 Å². The van der Waals surface area contributed by atoms with Crippen LogP contribution in [0.25, 0.3) is 0 Å². The first kappa shape index (κ1) is 19.1. The average Bonchev–Trinajstić information content (AvgIpc) is 3.10. The lowest BCUT2D eigenvalue weighted by atomic mass is 10.2. The van der Waals surface area contributed by atoms with Gasteiger partial charge in [-0.1, -0.05) is 18.2 Å². The molecule has 8 heteroatoms. The van der Waals surface area contributed by atoms with Crippen LogP contribution >= 0.6 is 11.3 Å². The molecule has 2 aromatic rings. The lowest BCUT2D eigenvalue weighted by Crippen LogP contribution is -2.40.